The van der Waals surface area contributed by atoms with Crippen molar-refractivity contribution in [1.29, 1.82) is 0 Å². The third-order valence-corrected chi connectivity index (χ3v) is 1.61. The van der Waals surface area contributed by atoms with E-state index in [1.54, 1.807) is 0 Å². The van der Waals surface area contributed by atoms with Gasteiger partial charge in [-0.3, -0.25) is 0 Å². The Morgan fingerprint density at radius 2 is 2.23 bits per heavy atom. The Labute approximate surface area is 73.3 Å². The van der Waals surface area contributed by atoms with E-state index in [1.165, 1.54) is 18.1 Å². The summed E-state index contributed by atoms with van der Waals surface area (Å²) < 4.78 is 6.26. The van der Waals surface area contributed by atoms with Gasteiger partial charge in [-0.05, 0) is 0 Å². The van der Waals surface area contributed by atoms with Gasteiger partial charge in [-0.2, -0.15) is 9.97 Å². The molecule has 2 aromatic rings. The number of methoxy groups -OCH3 is 1. The molecule has 7 nitrogen and oxygen atoms in total. The van der Waals surface area contributed by atoms with Gasteiger partial charge in [0.1, 0.15) is 6.33 Å². The van der Waals surface area contributed by atoms with Crippen LogP contribution in [0.25, 0.3) is 11.2 Å². The van der Waals surface area contributed by atoms with Crippen LogP contribution in [0.15, 0.2) is 6.33 Å². The van der Waals surface area contributed by atoms with Crippen LogP contribution in [0.3, 0.4) is 0 Å². The van der Waals surface area contributed by atoms with Gasteiger partial charge in [-0.1, -0.05) is 0 Å². The van der Waals surface area contributed by atoms with Crippen molar-refractivity contribution in [1.82, 2.24) is 19.6 Å². The Kier molecular flexibility index (Phi) is 1.44. The smallest absolute Gasteiger partial charge is 0.246 e. The highest BCUT2D eigenvalue weighted by molar-refractivity contribution is 5.77. The Bertz CT molecular complexity index is 450. The van der Waals surface area contributed by atoms with E-state index in [2.05, 4.69) is 15.0 Å². The number of hydrogen-bond acceptors (Lipinski definition) is 6. The van der Waals surface area contributed by atoms with E-state index in [9.17, 15) is 0 Å². The number of hydrogen-bond donors (Lipinski definition) is 2. The first-order valence-corrected chi connectivity index (χ1v) is 3.52. The molecule has 0 unspecified atom stereocenters. The highest BCUT2D eigenvalue weighted by atomic mass is 16.5. The minimum Gasteiger partial charge on any atom is -0.479 e. The van der Waals surface area contributed by atoms with Crippen LogP contribution >= 0.6 is 0 Å². The van der Waals surface area contributed by atoms with Gasteiger partial charge in [0, 0.05) is 0 Å². The lowest BCUT2D eigenvalue weighted by Gasteiger charge is -2.01. The molecule has 7 heteroatoms. The average Bonchev–Trinajstić information content (AvgIpc) is 2.46. The third-order valence-electron chi connectivity index (χ3n) is 1.61. The van der Waals surface area contributed by atoms with Gasteiger partial charge in [-0.15, -0.1) is 0 Å². The topological polar surface area (TPSA) is 105 Å². The molecule has 2 heterocycles. The third kappa shape index (κ3) is 1.01. The molecule has 0 aliphatic rings. The van der Waals surface area contributed by atoms with Crippen LogP contribution in [-0.4, -0.2) is 26.7 Å². The van der Waals surface area contributed by atoms with Crippen LogP contribution in [0.2, 0.25) is 0 Å². The zero-order chi connectivity index (χ0) is 9.42. The van der Waals surface area contributed by atoms with Gasteiger partial charge >= 0.3 is 0 Å². The van der Waals surface area contributed by atoms with Crippen molar-refractivity contribution in [3.05, 3.63) is 6.33 Å². The number of fused-ring (bicyclic) bond motifs is 1. The first-order chi connectivity index (χ1) is 6.22. The monoisotopic (exact) mass is 180 g/mol. The lowest BCUT2D eigenvalue weighted by Crippen LogP contribution is -2.08. The largest absolute Gasteiger partial charge is 0.479 e. The molecule has 68 valence electrons. The normalized spacial score (nSPS) is 10.5. The Balaban J connectivity index is 2.85. The second-order valence-corrected chi connectivity index (χ2v) is 2.42. The first kappa shape index (κ1) is 7.59. The highest BCUT2D eigenvalue weighted by Crippen LogP contribution is 2.19. The van der Waals surface area contributed by atoms with Crippen molar-refractivity contribution >= 4 is 17.1 Å². The van der Waals surface area contributed by atoms with Crippen molar-refractivity contribution in [2.45, 2.75) is 0 Å². The molecule has 2 rings (SSSR count). The lowest BCUT2D eigenvalue weighted by molar-refractivity contribution is 0.401. The number of anilines is 1. The predicted molar refractivity (Wildman–Crippen MR) is 46.4 cm³/mol. The molecule has 4 N–H and O–H groups in total. The fraction of sp³-hybridized carbons (Fsp3) is 0.167. The molecule has 0 atom stereocenters. The number of aromatic nitrogens is 4. The number of nitrogens with two attached hydrogens (primary N) is 2. The maximum Gasteiger partial charge on any atom is 0.246 e. The minimum atomic E-state index is 0.114. The molecule has 0 spiro atoms. The van der Waals surface area contributed by atoms with Gasteiger partial charge < -0.3 is 16.3 Å². The Morgan fingerprint density at radius 1 is 1.46 bits per heavy atom. The zero-order valence-corrected chi connectivity index (χ0v) is 6.93. The van der Waals surface area contributed by atoms with Crippen molar-refractivity contribution in [2.24, 2.45) is 0 Å². The number of nitrogens with zero attached hydrogens (tertiary/aromatic N) is 4. The lowest BCUT2D eigenvalue weighted by atomic mass is 10.5. The van der Waals surface area contributed by atoms with Crippen LogP contribution in [0.1, 0.15) is 0 Å². The maximum atomic E-state index is 5.56. The molecule has 0 aromatic carbocycles. The molecular formula is C6H8N6O. The standard InChI is InChI=1S/C6H8N6O/c1-13-5-3-4(9-2-12(3)8)10-6(7)11-5/h2H,8H2,1H3,(H2,7,10,11). The van der Waals surface area contributed by atoms with Crippen LogP contribution in [0, 0.1) is 0 Å². The zero-order valence-electron chi connectivity index (χ0n) is 6.93. The summed E-state index contributed by atoms with van der Waals surface area (Å²) in [6, 6.07) is 0. The predicted octanol–water partition coefficient (Wildman–Crippen LogP) is -0.869. The highest BCUT2D eigenvalue weighted by Gasteiger charge is 2.10. The SMILES string of the molecule is COc1nc(N)nc2ncn(N)c12. The van der Waals surface area contributed by atoms with E-state index < -0.39 is 0 Å². The van der Waals surface area contributed by atoms with Crippen molar-refractivity contribution in [3.8, 4) is 5.88 Å². The van der Waals surface area contributed by atoms with Gasteiger partial charge in [0.2, 0.25) is 11.8 Å². The van der Waals surface area contributed by atoms with Crippen LogP contribution in [-0.2, 0) is 0 Å². The maximum absolute atomic E-state index is 5.56. The van der Waals surface area contributed by atoms with E-state index in [0.29, 0.717) is 17.0 Å². The summed E-state index contributed by atoms with van der Waals surface area (Å²) in [5, 5.41) is 0. The van der Waals surface area contributed by atoms with E-state index in [1.807, 2.05) is 0 Å². The van der Waals surface area contributed by atoms with Crippen LogP contribution < -0.4 is 16.3 Å². The minimum absolute atomic E-state index is 0.114. The molecule has 0 bridgehead atoms. The molecular weight excluding hydrogens is 172 g/mol. The molecule has 2 aromatic heterocycles. The van der Waals surface area contributed by atoms with Gasteiger partial charge in [0.15, 0.2) is 11.2 Å². The van der Waals surface area contributed by atoms with Gasteiger partial charge in [0.25, 0.3) is 0 Å². The molecule has 13 heavy (non-hydrogen) atoms. The van der Waals surface area contributed by atoms with Gasteiger partial charge in [0.05, 0.1) is 7.11 Å². The number of nitrogen functional groups attached to an aromatic ring is 2. The first-order valence-electron chi connectivity index (χ1n) is 3.52. The van der Waals surface area contributed by atoms with Crippen LogP contribution in [0.4, 0.5) is 5.95 Å². The molecule has 0 saturated heterocycles. The fourth-order valence-electron chi connectivity index (χ4n) is 1.07. The second kappa shape index (κ2) is 2.47. The van der Waals surface area contributed by atoms with Crippen molar-refractivity contribution < 1.29 is 4.74 Å². The van der Waals surface area contributed by atoms with Crippen molar-refractivity contribution in [2.75, 3.05) is 18.7 Å². The average molecular weight is 180 g/mol. The summed E-state index contributed by atoms with van der Waals surface area (Å²) in [5.41, 5.74) is 6.36. The summed E-state index contributed by atoms with van der Waals surface area (Å²) in [6.45, 7) is 0. The fourth-order valence-corrected chi connectivity index (χ4v) is 1.07. The number of imidazole rings is 1. The molecule has 0 amide bonds. The molecule has 0 fully saturated rings. The van der Waals surface area contributed by atoms with E-state index >= 15 is 0 Å². The Hall–Kier alpha value is -2.05. The molecule has 0 saturated carbocycles. The van der Waals surface area contributed by atoms with E-state index in [4.69, 9.17) is 16.3 Å². The summed E-state index contributed by atoms with van der Waals surface area (Å²) in [7, 11) is 1.48. The quantitative estimate of drug-likeness (QED) is 0.553. The number of ether oxygens (including phenoxy) is 1. The van der Waals surface area contributed by atoms with Crippen molar-refractivity contribution in [3.63, 3.8) is 0 Å². The molecule has 0 aliphatic heterocycles. The second-order valence-electron chi connectivity index (χ2n) is 2.42. The van der Waals surface area contributed by atoms with Crippen LogP contribution in [0.5, 0.6) is 5.88 Å². The molecule has 0 aliphatic carbocycles. The Morgan fingerprint density at radius 3 is 2.92 bits per heavy atom. The number of rotatable bonds is 1. The summed E-state index contributed by atoms with van der Waals surface area (Å²) in [4.78, 5) is 11.7. The van der Waals surface area contributed by atoms with E-state index in [-0.39, 0.29) is 5.95 Å². The summed E-state index contributed by atoms with van der Waals surface area (Å²) in [5.74, 6) is 5.99. The van der Waals surface area contributed by atoms with Gasteiger partial charge in [-0.25, -0.2) is 9.66 Å². The summed E-state index contributed by atoms with van der Waals surface area (Å²) in [6.07, 6.45) is 1.42. The summed E-state index contributed by atoms with van der Waals surface area (Å²) >= 11 is 0. The van der Waals surface area contributed by atoms with E-state index in [0.717, 1.165) is 0 Å². The molecule has 0 radical (unpaired) electrons.